The lowest BCUT2D eigenvalue weighted by atomic mass is 10.2. The Balaban J connectivity index is 2.34. The number of nitrogens with one attached hydrogen (secondary N) is 1. The molecular weight excluding hydrogens is 248 g/mol. The van der Waals surface area contributed by atoms with Gasteiger partial charge in [-0.1, -0.05) is 31.9 Å². The third-order valence-electron chi connectivity index (χ3n) is 2.88. The van der Waals surface area contributed by atoms with Crippen LogP contribution in [0.15, 0.2) is 24.3 Å². The maximum atomic E-state index is 5.75. The first-order valence-corrected chi connectivity index (χ1v) is 7.16. The van der Waals surface area contributed by atoms with E-state index in [-0.39, 0.29) is 0 Å². The Bertz CT molecular complexity index is 423. The molecule has 1 aromatic rings. The lowest BCUT2D eigenvalue weighted by molar-refractivity contribution is 0.251. The Morgan fingerprint density at radius 2 is 2.20 bits per heavy atom. The molecule has 0 bridgehead atoms. The van der Waals surface area contributed by atoms with Crippen LogP contribution in [0.2, 0.25) is 0 Å². The number of hydrogen-bond acceptors (Lipinski definition) is 3. The minimum atomic E-state index is 0.654. The van der Waals surface area contributed by atoms with Crippen LogP contribution in [0.4, 0.5) is 0 Å². The van der Waals surface area contributed by atoms with E-state index in [1.165, 1.54) is 5.56 Å². The van der Waals surface area contributed by atoms with Gasteiger partial charge in [-0.15, -0.1) is 6.42 Å². The van der Waals surface area contributed by atoms with Gasteiger partial charge in [0.1, 0.15) is 12.4 Å². The maximum absolute atomic E-state index is 5.75. The van der Waals surface area contributed by atoms with Crippen molar-refractivity contribution in [2.75, 3.05) is 33.3 Å². The van der Waals surface area contributed by atoms with Gasteiger partial charge in [-0.25, -0.2) is 0 Å². The van der Waals surface area contributed by atoms with Crippen LogP contribution in [0, 0.1) is 18.3 Å². The van der Waals surface area contributed by atoms with E-state index in [9.17, 15) is 0 Å². The number of likely N-dealkylation sites (N-methyl/N-ethyl adjacent to an activating group) is 1. The zero-order chi connectivity index (χ0) is 14.8. The van der Waals surface area contributed by atoms with E-state index >= 15 is 0 Å². The first kappa shape index (κ1) is 16.6. The summed E-state index contributed by atoms with van der Waals surface area (Å²) in [6.45, 7) is 8.47. The molecular formula is C17H26N2O. The zero-order valence-corrected chi connectivity index (χ0v) is 12.9. The molecule has 0 saturated heterocycles. The van der Waals surface area contributed by atoms with Crippen molar-refractivity contribution in [1.29, 1.82) is 0 Å². The highest BCUT2D eigenvalue weighted by Gasteiger charge is 2.00. The van der Waals surface area contributed by atoms with Gasteiger partial charge >= 0.3 is 0 Å². The van der Waals surface area contributed by atoms with Crippen LogP contribution in [0.25, 0.3) is 0 Å². The minimum absolute atomic E-state index is 0.654. The number of benzene rings is 1. The third-order valence-corrected chi connectivity index (χ3v) is 2.88. The Kier molecular flexibility index (Phi) is 7.79. The topological polar surface area (TPSA) is 24.5 Å². The number of nitrogens with zero attached hydrogens (tertiary/aromatic N) is 1. The van der Waals surface area contributed by atoms with Crippen LogP contribution >= 0.6 is 0 Å². The summed E-state index contributed by atoms with van der Waals surface area (Å²) in [5, 5.41) is 3.43. The monoisotopic (exact) mass is 274 g/mol. The van der Waals surface area contributed by atoms with Gasteiger partial charge in [0.2, 0.25) is 0 Å². The first-order valence-electron chi connectivity index (χ1n) is 7.16. The summed E-state index contributed by atoms with van der Waals surface area (Å²) in [5.41, 5.74) is 1.25. The van der Waals surface area contributed by atoms with Crippen LogP contribution in [-0.2, 0) is 6.54 Å². The highest BCUT2D eigenvalue weighted by Crippen LogP contribution is 2.13. The van der Waals surface area contributed by atoms with Gasteiger partial charge in [-0.05, 0) is 37.2 Å². The van der Waals surface area contributed by atoms with E-state index in [4.69, 9.17) is 11.2 Å². The Labute approximate surface area is 123 Å². The molecule has 3 nitrogen and oxygen atoms in total. The smallest absolute Gasteiger partial charge is 0.119 e. The Morgan fingerprint density at radius 3 is 2.90 bits per heavy atom. The summed E-state index contributed by atoms with van der Waals surface area (Å²) >= 11 is 0. The van der Waals surface area contributed by atoms with Crippen molar-refractivity contribution in [3.63, 3.8) is 0 Å². The minimum Gasteiger partial charge on any atom is -0.492 e. The predicted octanol–water partition coefficient (Wildman–Crippen LogP) is 2.38. The molecule has 3 heteroatoms. The number of hydrogen-bond donors (Lipinski definition) is 1. The Morgan fingerprint density at radius 1 is 1.40 bits per heavy atom. The van der Waals surface area contributed by atoms with Gasteiger partial charge in [0.05, 0.1) is 6.54 Å². The van der Waals surface area contributed by atoms with Crippen molar-refractivity contribution in [3.05, 3.63) is 29.8 Å². The van der Waals surface area contributed by atoms with Crippen molar-refractivity contribution in [2.24, 2.45) is 5.92 Å². The molecule has 1 N–H and O–H groups in total. The molecule has 110 valence electrons. The van der Waals surface area contributed by atoms with E-state index in [0.29, 0.717) is 19.1 Å². The van der Waals surface area contributed by atoms with Crippen molar-refractivity contribution in [2.45, 2.75) is 20.4 Å². The molecule has 0 heterocycles. The van der Waals surface area contributed by atoms with E-state index < -0.39 is 0 Å². The molecule has 0 radical (unpaired) electrons. The molecule has 0 fully saturated rings. The molecule has 0 spiro atoms. The highest BCUT2D eigenvalue weighted by atomic mass is 16.5. The van der Waals surface area contributed by atoms with Crippen molar-refractivity contribution in [1.82, 2.24) is 10.2 Å². The molecule has 0 aliphatic carbocycles. The van der Waals surface area contributed by atoms with Gasteiger partial charge in [-0.3, -0.25) is 4.90 Å². The van der Waals surface area contributed by atoms with E-state index in [1.807, 2.05) is 19.2 Å². The second-order valence-electron chi connectivity index (χ2n) is 5.46. The lowest BCUT2D eigenvalue weighted by Gasteiger charge is -2.14. The second-order valence-corrected chi connectivity index (χ2v) is 5.46. The average molecular weight is 274 g/mol. The molecule has 0 aliphatic rings. The van der Waals surface area contributed by atoms with Crippen molar-refractivity contribution >= 4 is 0 Å². The molecule has 0 aromatic heterocycles. The summed E-state index contributed by atoms with van der Waals surface area (Å²) in [6, 6.07) is 8.24. The molecule has 0 atom stereocenters. The predicted molar refractivity (Wildman–Crippen MR) is 84.8 cm³/mol. The van der Waals surface area contributed by atoms with E-state index in [2.05, 4.69) is 42.1 Å². The average Bonchev–Trinajstić information content (AvgIpc) is 2.39. The maximum Gasteiger partial charge on any atom is 0.119 e. The molecule has 20 heavy (non-hydrogen) atoms. The summed E-state index contributed by atoms with van der Waals surface area (Å²) in [5.74, 6) is 4.21. The summed E-state index contributed by atoms with van der Waals surface area (Å²) < 4.78 is 5.75. The fourth-order valence-corrected chi connectivity index (χ4v) is 1.80. The van der Waals surface area contributed by atoms with Crippen molar-refractivity contribution < 1.29 is 4.74 Å². The van der Waals surface area contributed by atoms with Gasteiger partial charge in [0, 0.05) is 13.1 Å². The van der Waals surface area contributed by atoms with E-state index in [0.717, 1.165) is 25.4 Å². The SMILES string of the molecule is C#CCN(C)CCOc1cccc(CNCC(C)C)c1. The lowest BCUT2D eigenvalue weighted by Crippen LogP contribution is -2.24. The van der Waals surface area contributed by atoms with Crippen LogP contribution in [0.1, 0.15) is 19.4 Å². The largest absolute Gasteiger partial charge is 0.492 e. The van der Waals surface area contributed by atoms with Crippen molar-refractivity contribution in [3.8, 4) is 18.1 Å². The summed E-state index contributed by atoms with van der Waals surface area (Å²) in [7, 11) is 2.00. The quantitative estimate of drug-likeness (QED) is 0.700. The molecule has 0 unspecified atom stereocenters. The number of ether oxygens (including phenoxy) is 1. The Hall–Kier alpha value is -1.50. The third kappa shape index (κ3) is 7.18. The first-order chi connectivity index (χ1) is 9.61. The fourth-order valence-electron chi connectivity index (χ4n) is 1.80. The van der Waals surface area contributed by atoms with Gasteiger partial charge in [0.25, 0.3) is 0 Å². The molecule has 1 aromatic carbocycles. The standard InChI is InChI=1S/C17H26N2O/c1-5-9-19(4)10-11-20-17-8-6-7-16(12-17)14-18-13-15(2)3/h1,6-8,12,15,18H,9-11,13-14H2,2-4H3. The molecule has 0 saturated carbocycles. The molecule has 0 amide bonds. The van der Waals surface area contributed by atoms with E-state index in [1.54, 1.807) is 0 Å². The van der Waals surface area contributed by atoms with Crippen LogP contribution in [-0.4, -0.2) is 38.2 Å². The zero-order valence-electron chi connectivity index (χ0n) is 12.9. The van der Waals surface area contributed by atoms with Crippen LogP contribution in [0.3, 0.4) is 0 Å². The fraction of sp³-hybridized carbons (Fsp3) is 0.529. The molecule has 1 rings (SSSR count). The second kappa shape index (κ2) is 9.41. The van der Waals surface area contributed by atoms with Crippen LogP contribution < -0.4 is 10.1 Å². The van der Waals surface area contributed by atoms with Gasteiger partial charge in [0.15, 0.2) is 0 Å². The number of terminal acetylenes is 1. The van der Waals surface area contributed by atoms with Gasteiger partial charge in [-0.2, -0.15) is 0 Å². The summed E-state index contributed by atoms with van der Waals surface area (Å²) in [4.78, 5) is 2.06. The normalized spacial score (nSPS) is 10.8. The number of rotatable bonds is 9. The highest BCUT2D eigenvalue weighted by molar-refractivity contribution is 5.28. The van der Waals surface area contributed by atoms with Crippen LogP contribution in [0.5, 0.6) is 5.75 Å². The van der Waals surface area contributed by atoms with Gasteiger partial charge < -0.3 is 10.1 Å². The summed E-state index contributed by atoms with van der Waals surface area (Å²) in [6.07, 6.45) is 5.26. The molecule has 0 aliphatic heterocycles.